The maximum Gasteiger partial charge on any atom is 0.248 e. The summed E-state index contributed by atoms with van der Waals surface area (Å²) in [6, 6.07) is 3.00. The highest BCUT2D eigenvalue weighted by atomic mass is 35.5. The molecule has 0 saturated carbocycles. The van der Waals surface area contributed by atoms with Gasteiger partial charge < -0.3 is 10.4 Å². The summed E-state index contributed by atoms with van der Waals surface area (Å²) in [5.41, 5.74) is 2.30. The van der Waals surface area contributed by atoms with E-state index in [-0.39, 0.29) is 17.6 Å². The van der Waals surface area contributed by atoms with Crippen molar-refractivity contribution < 1.29 is 9.90 Å². The van der Waals surface area contributed by atoms with Gasteiger partial charge in [-0.05, 0) is 43.0 Å². The molecule has 0 fully saturated rings. The molecule has 0 aliphatic carbocycles. The van der Waals surface area contributed by atoms with Gasteiger partial charge in [-0.1, -0.05) is 25.4 Å². The average molecular weight is 322 g/mol. The van der Waals surface area contributed by atoms with Gasteiger partial charge in [0.05, 0.1) is 11.2 Å². The standard InChI is InChI=1S/C16H20ClN3O2/c1-9(2)13-6-14(10(3)5-15(13)21)19-16(22)11(4)20-8-12(17)7-18-20/h5-9,11,21H,1-4H3,(H,19,22). The van der Waals surface area contributed by atoms with Gasteiger partial charge in [0, 0.05) is 11.9 Å². The minimum atomic E-state index is -0.483. The van der Waals surface area contributed by atoms with E-state index in [2.05, 4.69) is 10.4 Å². The molecule has 1 atom stereocenters. The molecule has 6 heteroatoms. The molecule has 22 heavy (non-hydrogen) atoms. The first-order chi connectivity index (χ1) is 10.3. The molecule has 0 bridgehead atoms. The van der Waals surface area contributed by atoms with Gasteiger partial charge in [0.1, 0.15) is 11.8 Å². The van der Waals surface area contributed by atoms with Crippen molar-refractivity contribution in [2.24, 2.45) is 0 Å². The van der Waals surface area contributed by atoms with Gasteiger partial charge in [-0.3, -0.25) is 9.48 Å². The van der Waals surface area contributed by atoms with Crippen LogP contribution >= 0.6 is 11.6 Å². The van der Waals surface area contributed by atoms with Gasteiger partial charge in [-0.15, -0.1) is 0 Å². The Morgan fingerprint density at radius 1 is 1.36 bits per heavy atom. The number of aromatic nitrogens is 2. The largest absolute Gasteiger partial charge is 0.508 e. The second-order valence-corrected chi connectivity index (χ2v) is 6.12. The molecule has 1 aromatic carbocycles. The summed E-state index contributed by atoms with van der Waals surface area (Å²) in [4.78, 5) is 12.4. The summed E-state index contributed by atoms with van der Waals surface area (Å²) in [7, 11) is 0. The molecule has 1 heterocycles. The first-order valence-corrected chi connectivity index (χ1v) is 7.51. The normalized spacial score (nSPS) is 12.5. The van der Waals surface area contributed by atoms with Gasteiger partial charge >= 0.3 is 0 Å². The fraction of sp³-hybridized carbons (Fsp3) is 0.375. The molecule has 0 spiro atoms. The van der Waals surface area contributed by atoms with Gasteiger partial charge in [-0.2, -0.15) is 5.10 Å². The Morgan fingerprint density at radius 3 is 2.59 bits per heavy atom. The Kier molecular flexibility index (Phi) is 4.76. The van der Waals surface area contributed by atoms with E-state index in [1.165, 1.54) is 10.9 Å². The van der Waals surface area contributed by atoms with Crippen molar-refractivity contribution in [3.8, 4) is 5.75 Å². The van der Waals surface area contributed by atoms with Crippen LogP contribution in [-0.4, -0.2) is 20.8 Å². The number of halogens is 1. The molecule has 2 aromatic rings. The van der Waals surface area contributed by atoms with Crippen LogP contribution in [0.2, 0.25) is 5.02 Å². The number of anilines is 1. The van der Waals surface area contributed by atoms with Crippen LogP contribution in [0.5, 0.6) is 5.75 Å². The summed E-state index contributed by atoms with van der Waals surface area (Å²) in [6.07, 6.45) is 3.10. The van der Waals surface area contributed by atoms with E-state index >= 15 is 0 Å². The van der Waals surface area contributed by atoms with Crippen LogP contribution in [0.4, 0.5) is 5.69 Å². The Hall–Kier alpha value is -2.01. The molecule has 0 aliphatic heterocycles. The number of carbonyl (C=O) groups is 1. The van der Waals surface area contributed by atoms with Crippen LogP contribution in [0.3, 0.4) is 0 Å². The highest BCUT2D eigenvalue weighted by molar-refractivity contribution is 6.30. The third-order valence-electron chi connectivity index (χ3n) is 3.60. The maximum absolute atomic E-state index is 12.4. The zero-order valence-corrected chi connectivity index (χ0v) is 13.8. The SMILES string of the molecule is Cc1cc(O)c(C(C)C)cc1NC(=O)C(C)n1cc(Cl)cn1. The van der Waals surface area contributed by atoms with Crippen molar-refractivity contribution in [3.05, 3.63) is 40.7 Å². The first kappa shape index (κ1) is 16.4. The monoisotopic (exact) mass is 321 g/mol. The molecule has 5 nitrogen and oxygen atoms in total. The number of nitrogens with one attached hydrogen (secondary N) is 1. The third kappa shape index (κ3) is 3.42. The van der Waals surface area contributed by atoms with Crippen molar-refractivity contribution in [2.75, 3.05) is 5.32 Å². The first-order valence-electron chi connectivity index (χ1n) is 7.13. The van der Waals surface area contributed by atoms with E-state index in [9.17, 15) is 9.90 Å². The minimum absolute atomic E-state index is 0.165. The van der Waals surface area contributed by atoms with Gasteiger partial charge in [0.25, 0.3) is 0 Å². The predicted molar refractivity (Wildman–Crippen MR) is 87.5 cm³/mol. The molecule has 2 rings (SSSR count). The summed E-state index contributed by atoms with van der Waals surface area (Å²) < 4.78 is 1.51. The molecule has 1 aromatic heterocycles. The molecule has 118 valence electrons. The lowest BCUT2D eigenvalue weighted by molar-refractivity contribution is -0.119. The fourth-order valence-corrected chi connectivity index (χ4v) is 2.33. The molecule has 1 amide bonds. The topological polar surface area (TPSA) is 67.2 Å². The zero-order valence-electron chi connectivity index (χ0n) is 13.1. The number of carbonyl (C=O) groups excluding carboxylic acids is 1. The Labute approximate surface area is 134 Å². The van der Waals surface area contributed by atoms with Crippen LogP contribution in [0.15, 0.2) is 24.5 Å². The minimum Gasteiger partial charge on any atom is -0.508 e. The van der Waals surface area contributed by atoms with Crippen LogP contribution in [-0.2, 0) is 4.79 Å². The predicted octanol–water partition coefficient (Wildman–Crippen LogP) is 3.87. The molecule has 1 unspecified atom stereocenters. The Bertz CT molecular complexity index is 695. The lowest BCUT2D eigenvalue weighted by Crippen LogP contribution is -2.24. The highest BCUT2D eigenvalue weighted by Crippen LogP contribution is 2.31. The lowest BCUT2D eigenvalue weighted by atomic mass is 9.99. The Morgan fingerprint density at radius 2 is 2.05 bits per heavy atom. The number of rotatable bonds is 4. The highest BCUT2D eigenvalue weighted by Gasteiger charge is 2.18. The number of hydrogen-bond donors (Lipinski definition) is 2. The van der Waals surface area contributed by atoms with E-state index in [0.717, 1.165) is 11.1 Å². The molecule has 0 radical (unpaired) electrons. The number of nitrogens with zero attached hydrogens (tertiary/aromatic N) is 2. The smallest absolute Gasteiger partial charge is 0.248 e. The zero-order chi connectivity index (χ0) is 16.4. The van der Waals surface area contributed by atoms with Crippen molar-refractivity contribution in [1.29, 1.82) is 0 Å². The van der Waals surface area contributed by atoms with Gasteiger partial charge in [0.2, 0.25) is 5.91 Å². The van der Waals surface area contributed by atoms with Crippen molar-refractivity contribution >= 4 is 23.2 Å². The maximum atomic E-state index is 12.4. The average Bonchev–Trinajstić information content (AvgIpc) is 2.87. The van der Waals surface area contributed by atoms with Crippen LogP contribution in [0.25, 0.3) is 0 Å². The summed E-state index contributed by atoms with van der Waals surface area (Å²) in [5, 5.41) is 17.4. The second-order valence-electron chi connectivity index (χ2n) is 5.68. The second kappa shape index (κ2) is 6.40. The Balaban J connectivity index is 2.23. The summed E-state index contributed by atoms with van der Waals surface area (Å²) in [6.45, 7) is 7.57. The number of aromatic hydroxyl groups is 1. The van der Waals surface area contributed by atoms with Crippen LogP contribution in [0, 0.1) is 6.92 Å². The van der Waals surface area contributed by atoms with E-state index < -0.39 is 6.04 Å². The van der Waals surface area contributed by atoms with Crippen molar-refractivity contribution in [2.45, 2.75) is 39.7 Å². The molecule has 0 aliphatic rings. The number of hydrogen-bond acceptors (Lipinski definition) is 3. The molecule has 2 N–H and O–H groups in total. The number of phenolic OH excluding ortho intramolecular Hbond substituents is 1. The third-order valence-corrected chi connectivity index (χ3v) is 3.79. The van der Waals surface area contributed by atoms with E-state index in [1.807, 2.05) is 26.8 Å². The molecule has 0 saturated heterocycles. The number of aryl methyl sites for hydroxylation is 1. The summed E-state index contributed by atoms with van der Waals surface area (Å²) in [5.74, 6) is 0.222. The quantitative estimate of drug-likeness (QED) is 0.840. The van der Waals surface area contributed by atoms with E-state index in [4.69, 9.17) is 11.6 Å². The number of amides is 1. The van der Waals surface area contributed by atoms with Crippen molar-refractivity contribution in [1.82, 2.24) is 9.78 Å². The van der Waals surface area contributed by atoms with E-state index in [0.29, 0.717) is 10.7 Å². The van der Waals surface area contributed by atoms with Crippen LogP contribution < -0.4 is 5.32 Å². The van der Waals surface area contributed by atoms with Gasteiger partial charge in [-0.25, -0.2) is 0 Å². The van der Waals surface area contributed by atoms with Crippen LogP contribution in [0.1, 0.15) is 43.9 Å². The molecular weight excluding hydrogens is 302 g/mol. The van der Waals surface area contributed by atoms with E-state index in [1.54, 1.807) is 19.2 Å². The molecular formula is C16H20ClN3O2. The van der Waals surface area contributed by atoms with Crippen molar-refractivity contribution in [3.63, 3.8) is 0 Å². The summed E-state index contributed by atoms with van der Waals surface area (Å²) >= 11 is 5.82. The lowest BCUT2D eigenvalue weighted by Gasteiger charge is -2.17. The van der Waals surface area contributed by atoms with Gasteiger partial charge in [0.15, 0.2) is 0 Å². The number of phenols is 1. The number of benzene rings is 1. The fourth-order valence-electron chi connectivity index (χ4n) is 2.19.